The number of carbonyl (C=O) groups is 1. The molecule has 0 saturated heterocycles. The van der Waals surface area contributed by atoms with Gasteiger partial charge in [0, 0.05) is 28.5 Å². The molecule has 0 aromatic heterocycles. The number of anilines is 3. The second-order valence-corrected chi connectivity index (χ2v) is 5.80. The van der Waals surface area contributed by atoms with Crippen molar-refractivity contribution < 1.29 is 4.79 Å². The fraction of sp³-hybridized carbons (Fsp3) is 0.235. The highest BCUT2D eigenvalue weighted by molar-refractivity contribution is 6.30. The molecule has 0 unspecified atom stereocenters. The molecule has 0 bridgehead atoms. The van der Waals surface area contributed by atoms with Crippen molar-refractivity contribution in [3.05, 3.63) is 53.6 Å². The Labute approximate surface area is 130 Å². The summed E-state index contributed by atoms with van der Waals surface area (Å²) in [5.74, 6) is 0.398. The van der Waals surface area contributed by atoms with Crippen molar-refractivity contribution in [1.82, 2.24) is 0 Å². The minimum Gasteiger partial charge on any atom is -0.355 e. The summed E-state index contributed by atoms with van der Waals surface area (Å²) in [5, 5.41) is 6.84. The molecule has 0 heterocycles. The normalized spacial score (nSPS) is 10.5. The molecule has 0 aliphatic carbocycles. The van der Waals surface area contributed by atoms with Crippen LogP contribution in [0.1, 0.15) is 20.3 Å². The second kappa shape index (κ2) is 7.14. The summed E-state index contributed by atoms with van der Waals surface area (Å²) in [6.07, 6.45) is 0.530. The van der Waals surface area contributed by atoms with Gasteiger partial charge >= 0.3 is 0 Å². The minimum absolute atomic E-state index is 0.0422. The number of benzene rings is 2. The van der Waals surface area contributed by atoms with E-state index in [4.69, 9.17) is 11.6 Å². The van der Waals surface area contributed by atoms with E-state index in [2.05, 4.69) is 10.6 Å². The first-order valence-electron chi connectivity index (χ1n) is 6.95. The Hall–Kier alpha value is -2.00. The van der Waals surface area contributed by atoms with E-state index >= 15 is 0 Å². The third-order valence-electron chi connectivity index (χ3n) is 2.88. The largest absolute Gasteiger partial charge is 0.355 e. The molecule has 0 saturated carbocycles. The summed E-state index contributed by atoms with van der Waals surface area (Å²) < 4.78 is 0. The highest BCUT2D eigenvalue weighted by Crippen LogP contribution is 2.21. The minimum atomic E-state index is 0.0422. The first-order chi connectivity index (χ1) is 10.0. The van der Waals surface area contributed by atoms with Crippen molar-refractivity contribution in [2.45, 2.75) is 20.3 Å². The van der Waals surface area contributed by atoms with Gasteiger partial charge < -0.3 is 10.6 Å². The van der Waals surface area contributed by atoms with Gasteiger partial charge in [-0.3, -0.25) is 4.79 Å². The molecule has 0 aliphatic rings. The standard InChI is InChI=1S/C17H19ClN2O/c1-12(2)10-17(21)20-15-8-6-14(7-9-15)19-16-5-3-4-13(18)11-16/h3-9,11-12,19H,10H2,1-2H3,(H,20,21). The number of hydrogen-bond acceptors (Lipinski definition) is 2. The number of nitrogens with one attached hydrogen (secondary N) is 2. The summed E-state index contributed by atoms with van der Waals surface area (Å²) in [7, 11) is 0. The van der Waals surface area contributed by atoms with Gasteiger partial charge in [-0.25, -0.2) is 0 Å². The molecule has 2 aromatic carbocycles. The third-order valence-corrected chi connectivity index (χ3v) is 3.11. The van der Waals surface area contributed by atoms with Crippen molar-refractivity contribution in [3.63, 3.8) is 0 Å². The van der Waals surface area contributed by atoms with E-state index in [0.717, 1.165) is 17.1 Å². The molecule has 0 radical (unpaired) electrons. The maximum absolute atomic E-state index is 11.7. The number of rotatable bonds is 5. The molecular weight excluding hydrogens is 284 g/mol. The van der Waals surface area contributed by atoms with Crippen LogP contribution in [0.25, 0.3) is 0 Å². The van der Waals surface area contributed by atoms with E-state index in [-0.39, 0.29) is 5.91 Å². The van der Waals surface area contributed by atoms with E-state index in [1.54, 1.807) is 0 Å². The second-order valence-electron chi connectivity index (χ2n) is 5.36. The van der Waals surface area contributed by atoms with Crippen molar-refractivity contribution >= 4 is 34.6 Å². The number of amides is 1. The quantitative estimate of drug-likeness (QED) is 0.809. The van der Waals surface area contributed by atoms with Gasteiger partial charge in [0.05, 0.1) is 0 Å². The average Bonchev–Trinajstić information content (AvgIpc) is 2.40. The van der Waals surface area contributed by atoms with Crippen LogP contribution < -0.4 is 10.6 Å². The first-order valence-corrected chi connectivity index (χ1v) is 7.33. The lowest BCUT2D eigenvalue weighted by Gasteiger charge is -2.10. The number of carbonyl (C=O) groups excluding carboxylic acids is 1. The summed E-state index contributed by atoms with van der Waals surface area (Å²) in [5.41, 5.74) is 2.68. The molecule has 0 aliphatic heterocycles. The fourth-order valence-electron chi connectivity index (χ4n) is 1.95. The fourth-order valence-corrected chi connectivity index (χ4v) is 2.14. The Morgan fingerprint density at radius 2 is 1.71 bits per heavy atom. The Morgan fingerprint density at radius 3 is 2.33 bits per heavy atom. The van der Waals surface area contributed by atoms with Crippen LogP contribution in [0.4, 0.5) is 17.1 Å². The van der Waals surface area contributed by atoms with E-state index in [1.807, 2.05) is 62.4 Å². The topological polar surface area (TPSA) is 41.1 Å². The van der Waals surface area contributed by atoms with E-state index < -0.39 is 0 Å². The van der Waals surface area contributed by atoms with Crippen molar-refractivity contribution in [1.29, 1.82) is 0 Å². The van der Waals surface area contributed by atoms with Crippen LogP contribution in [0.5, 0.6) is 0 Å². The molecular formula is C17H19ClN2O. The maximum atomic E-state index is 11.7. The molecule has 110 valence electrons. The SMILES string of the molecule is CC(C)CC(=O)Nc1ccc(Nc2cccc(Cl)c2)cc1. The highest BCUT2D eigenvalue weighted by atomic mass is 35.5. The highest BCUT2D eigenvalue weighted by Gasteiger charge is 2.05. The third kappa shape index (κ3) is 5.12. The van der Waals surface area contributed by atoms with Gasteiger partial charge in [-0.1, -0.05) is 31.5 Å². The molecule has 2 aromatic rings. The van der Waals surface area contributed by atoms with Crippen molar-refractivity contribution in [2.75, 3.05) is 10.6 Å². The Bertz CT molecular complexity index is 608. The van der Waals surface area contributed by atoms with Crippen LogP contribution >= 0.6 is 11.6 Å². The number of hydrogen-bond donors (Lipinski definition) is 2. The molecule has 2 rings (SSSR count). The van der Waals surface area contributed by atoms with Crippen LogP contribution in [0.15, 0.2) is 48.5 Å². The predicted molar refractivity (Wildman–Crippen MR) is 89.3 cm³/mol. The van der Waals surface area contributed by atoms with Gasteiger partial charge in [0.2, 0.25) is 5.91 Å². The van der Waals surface area contributed by atoms with E-state index in [1.165, 1.54) is 0 Å². The molecule has 0 spiro atoms. The summed E-state index contributed by atoms with van der Waals surface area (Å²) in [6.45, 7) is 4.05. The average molecular weight is 303 g/mol. The van der Waals surface area contributed by atoms with Gasteiger partial charge in [0.15, 0.2) is 0 Å². The zero-order valence-electron chi connectivity index (χ0n) is 12.2. The van der Waals surface area contributed by atoms with Crippen molar-refractivity contribution in [2.24, 2.45) is 5.92 Å². The molecule has 2 N–H and O–H groups in total. The van der Waals surface area contributed by atoms with Gasteiger partial charge in [-0.2, -0.15) is 0 Å². The molecule has 0 atom stereocenters. The van der Waals surface area contributed by atoms with Crippen molar-refractivity contribution in [3.8, 4) is 0 Å². The Morgan fingerprint density at radius 1 is 1.05 bits per heavy atom. The predicted octanol–water partition coefficient (Wildman–Crippen LogP) is 5.07. The number of halogens is 1. The first kappa shape index (κ1) is 15.4. The molecule has 1 amide bonds. The Balaban J connectivity index is 1.97. The van der Waals surface area contributed by atoms with Gasteiger partial charge in [-0.05, 0) is 48.4 Å². The van der Waals surface area contributed by atoms with Crippen LogP contribution in [0.2, 0.25) is 5.02 Å². The van der Waals surface area contributed by atoms with E-state index in [0.29, 0.717) is 17.4 Å². The van der Waals surface area contributed by atoms with Crippen LogP contribution in [-0.2, 0) is 4.79 Å². The van der Waals surface area contributed by atoms with Gasteiger partial charge in [0.1, 0.15) is 0 Å². The molecule has 21 heavy (non-hydrogen) atoms. The summed E-state index contributed by atoms with van der Waals surface area (Å²) in [6, 6.07) is 15.1. The lowest BCUT2D eigenvalue weighted by atomic mass is 10.1. The van der Waals surface area contributed by atoms with E-state index in [9.17, 15) is 4.79 Å². The Kier molecular flexibility index (Phi) is 5.23. The smallest absolute Gasteiger partial charge is 0.224 e. The zero-order valence-corrected chi connectivity index (χ0v) is 12.9. The van der Waals surface area contributed by atoms with Crippen LogP contribution in [0.3, 0.4) is 0 Å². The van der Waals surface area contributed by atoms with Gasteiger partial charge in [-0.15, -0.1) is 0 Å². The summed E-state index contributed by atoms with van der Waals surface area (Å²) >= 11 is 5.95. The van der Waals surface area contributed by atoms with Crippen LogP contribution in [-0.4, -0.2) is 5.91 Å². The maximum Gasteiger partial charge on any atom is 0.224 e. The molecule has 4 heteroatoms. The molecule has 0 fully saturated rings. The van der Waals surface area contributed by atoms with Crippen LogP contribution in [0, 0.1) is 5.92 Å². The van der Waals surface area contributed by atoms with Gasteiger partial charge in [0.25, 0.3) is 0 Å². The molecule has 3 nitrogen and oxygen atoms in total. The zero-order chi connectivity index (χ0) is 15.2. The lowest BCUT2D eigenvalue weighted by molar-refractivity contribution is -0.116. The monoisotopic (exact) mass is 302 g/mol. The summed E-state index contributed by atoms with van der Waals surface area (Å²) in [4.78, 5) is 11.7. The lowest BCUT2D eigenvalue weighted by Crippen LogP contribution is -2.13.